The summed E-state index contributed by atoms with van der Waals surface area (Å²) in [7, 11) is 0. The average Bonchev–Trinajstić information content (AvgIpc) is 2.70. The van der Waals surface area contributed by atoms with Crippen molar-refractivity contribution >= 4 is 41.4 Å². The first-order valence-corrected chi connectivity index (χ1v) is 11.1. The van der Waals surface area contributed by atoms with Crippen molar-refractivity contribution in [2.45, 2.75) is 57.3 Å². The van der Waals surface area contributed by atoms with Crippen LogP contribution in [0.25, 0.3) is 0 Å². The van der Waals surface area contributed by atoms with Crippen LogP contribution in [0.15, 0.2) is 0 Å². The summed E-state index contributed by atoms with van der Waals surface area (Å²) in [5, 5.41) is 25.2. The normalized spacial score (nSPS) is 14.8. The monoisotopic (exact) mass is 463 g/mol. The van der Waals surface area contributed by atoms with Crippen LogP contribution >= 0.6 is 11.8 Å². The number of carboxylic acid groups (broad SMARTS) is 1. The van der Waals surface area contributed by atoms with Crippen molar-refractivity contribution in [2.75, 3.05) is 18.6 Å². The largest absolute Gasteiger partial charge is 0.480 e. The first-order chi connectivity index (χ1) is 14.4. The van der Waals surface area contributed by atoms with Crippen LogP contribution in [-0.2, 0) is 24.0 Å². The molecule has 31 heavy (non-hydrogen) atoms. The number of primary amides is 1. The van der Waals surface area contributed by atoms with Crippen molar-refractivity contribution in [3.8, 4) is 0 Å². The molecule has 0 saturated carbocycles. The van der Waals surface area contributed by atoms with Gasteiger partial charge in [0.15, 0.2) is 0 Å². The molecule has 0 radical (unpaired) electrons. The lowest BCUT2D eigenvalue weighted by Crippen LogP contribution is -2.58. The maximum atomic E-state index is 12.8. The minimum absolute atomic E-state index is 0.108. The highest BCUT2D eigenvalue weighted by Gasteiger charge is 2.30. The summed E-state index contributed by atoms with van der Waals surface area (Å²) in [5.74, 6) is -4.00. The molecule has 12 nitrogen and oxygen atoms in total. The second-order valence-corrected chi connectivity index (χ2v) is 8.25. The van der Waals surface area contributed by atoms with Gasteiger partial charge in [0.2, 0.25) is 23.6 Å². The van der Waals surface area contributed by atoms with Crippen LogP contribution in [0.2, 0.25) is 0 Å². The summed E-state index contributed by atoms with van der Waals surface area (Å²) < 4.78 is 0. The number of hydrogen-bond donors (Lipinski definition) is 7. The zero-order valence-corrected chi connectivity index (χ0v) is 18.7. The van der Waals surface area contributed by atoms with Crippen molar-refractivity contribution in [2.24, 2.45) is 17.4 Å². The van der Waals surface area contributed by atoms with Crippen LogP contribution in [0.5, 0.6) is 0 Å². The van der Waals surface area contributed by atoms with Gasteiger partial charge in [-0.1, -0.05) is 13.8 Å². The highest BCUT2D eigenvalue weighted by molar-refractivity contribution is 7.98. The van der Waals surface area contributed by atoms with E-state index in [1.807, 2.05) is 0 Å². The van der Waals surface area contributed by atoms with Crippen molar-refractivity contribution < 1.29 is 34.2 Å². The van der Waals surface area contributed by atoms with Crippen molar-refractivity contribution in [3.05, 3.63) is 0 Å². The Morgan fingerprint density at radius 2 is 1.39 bits per heavy atom. The topological polar surface area (TPSA) is 214 Å². The third-order valence-corrected chi connectivity index (χ3v) is 5.02. The molecule has 0 aliphatic carbocycles. The number of aliphatic hydroxyl groups excluding tert-OH is 1. The number of carboxylic acids is 1. The second kappa shape index (κ2) is 14.6. The van der Waals surface area contributed by atoms with Crippen molar-refractivity contribution in [1.82, 2.24) is 16.0 Å². The lowest BCUT2D eigenvalue weighted by atomic mass is 10.0. The molecule has 0 fully saturated rings. The Labute approximate surface area is 185 Å². The van der Waals surface area contributed by atoms with Crippen LogP contribution in [0.3, 0.4) is 0 Å². The first-order valence-electron chi connectivity index (χ1n) is 9.72. The summed E-state index contributed by atoms with van der Waals surface area (Å²) in [6, 6.07) is -4.72. The van der Waals surface area contributed by atoms with Crippen LogP contribution < -0.4 is 27.4 Å². The predicted octanol–water partition coefficient (Wildman–Crippen LogP) is -2.48. The van der Waals surface area contributed by atoms with E-state index in [9.17, 15) is 24.0 Å². The standard InChI is InChI=1S/C18H33N5O7S/c1-9(2)14(20)17(28)22-10(4-5-13(19)25)15(26)21-11(6-7-31-3)16(27)23-12(8-24)18(29)30/h9-12,14,24H,4-8,20H2,1-3H3,(H2,19,25)(H,21,26)(H,22,28)(H,23,27)(H,29,30). The molecule has 178 valence electrons. The molecule has 0 aromatic rings. The maximum Gasteiger partial charge on any atom is 0.328 e. The van der Waals surface area contributed by atoms with E-state index in [1.165, 1.54) is 11.8 Å². The van der Waals surface area contributed by atoms with Crippen LogP contribution in [0, 0.1) is 5.92 Å². The molecule has 0 heterocycles. The fourth-order valence-electron chi connectivity index (χ4n) is 2.36. The number of nitrogens with two attached hydrogens (primary N) is 2. The molecule has 9 N–H and O–H groups in total. The SMILES string of the molecule is CSCCC(NC(=O)C(CCC(N)=O)NC(=O)C(N)C(C)C)C(=O)NC(CO)C(=O)O. The zero-order chi connectivity index (χ0) is 24.1. The van der Waals surface area contributed by atoms with Gasteiger partial charge in [-0.3, -0.25) is 19.2 Å². The fourth-order valence-corrected chi connectivity index (χ4v) is 2.83. The van der Waals surface area contributed by atoms with Crippen molar-refractivity contribution in [1.29, 1.82) is 0 Å². The smallest absolute Gasteiger partial charge is 0.328 e. The Bertz CT molecular complexity index is 647. The molecule has 0 rings (SSSR count). The van der Waals surface area contributed by atoms with E-state index < -0.39 is 60.4 Å². The molecule has 4 unspecified atom stereocenters. The van der Waals surface area contributed by atoms with Gasteiger partial charge in [0.1, 0.15) is 18.1 Å². The van der Waals surface area contributed by atoms with E-state index in [4.69, 9.17) is 21.7 Å². The summed E-state index contributed by atoms with van der Waals surface area (Å²) in [6.45, 7) is 2.63. The number of nitrogens with one attached hydrogen (secondary N) is 3. The summed E-state index contributed by atoms with van der Waals surface area (Å²) in [6.07, 6.45) is 1.65. The molecular formula is C18H33N5O7S. The molecule has 0 aromatic heterocycles. The van der Waals surface area contributed by atoms with E-state index in [0.29, 0.717) is 5.75 Å². The van der Waals surface area contributed by atoms with Crippen molar-refractivity contribution in [3.63, 3.8) is 0 Å². The van der Waals surface area contributed by atoms with E-state index in [-0.39, 0.29) is 25.2 Å². The van der Waals surface area contributed by atoms with Crippen LogP contribution in [0.1, 0.15) is 33.1 Å². The number of aliphatic carboxylic acids is 1. The number of hydrogen-bond acceptors (Lipinski definition) is 8. The first kappa shape index (κ1) is 28.6. The molecule has 0 aliphatic heterocycles. The van der Waals surface area contributed by atoms with Gasteiger partial charge in [0, 0.05) is 6.42 Å². The fraction of sp³-hybridized carbons (Fsp3) is 0.722. The molecule has 0 saturated heterocycles. The lowest BCUT2D eigenvalue weighted by molar-refractivity contribution is -0.143. The minimum atomic E-state index is -1.53. The molecule has 0 aliphatic rings. The number of thioether (sulfide) groups is 1. The van der Waals surface area contributed by atoms with E-state index >= 15 is 0 Å². The second-order valence-electron chi connectivity index (χ2n) is 7.26. The van der Waals surface area contributed by atoms with Gasteiger partial charge in [-0.2, -0.15) is 11.8 Å². The third-order valence-electron chi connectivity index (χ3n) is 4.37. The van der Waals surface area contributed by atoms with Gasteiger partial charge in [-0.15, -0.1) is 0 Å². The Hall–Kier alpha value is -2.38. The van der Waals surface area contributed by atoms with Crippen LogP contribution in [-0.4, -0.2) is 82.6 Å². The summed E-state index contributed by atoms with van der Waals surface area (Å²) >= 11 is 1.40. The van der Waals surface area contributed by atoms with Gasteiger partial charge >= 0.3 is 5.97 Å². The number of aliphatic hydroxyl groups is 1. The van der Waals surface area contributed by atoms with Gasteiger partial charge in [-0.25, -0.2) is 4.79 Å². The third kappa shape index (κ3) is 11.0. The Kier molecular flexibility index (Phi) is 13.5. The molecule has 4 amide bonds. The molecular weight excluding hydrogens is 430 g/mol. The van der Waals surface area contributed by atoms with Gasteiger partial charge in [-0.05, 0) is 30.8 Å². The quantitative estimate of drug-likeness (QED) is 0.137. The average molecular weight is 464 g/mol. The van der Waals surface area contributed by atoms with Crippen LogP contribution in [0.4, 0.5) is 0 Å². The minimum Gasteiger partial charge on any atom is -0.480 e. The number of rotatable bonds is 15. The molecule has 0 spiro atoms. The van der Waals surface area contributed by atoms with E-state index in [2.05, 4.69) is 16.0 Å². The number of amides is 4. The van der Waals surface area contributed by atoms with E-state index in [0.717, 1.165) is 0 Å². The maximum absolute atomic E-state index is 12.8. The predicted molar refractivity (Wildman–Crippen MR) is 115 cm³/mol. The lowest BCUT2D eigenvalue weighted by Gasteiger charge is -2.25. The molecule has 4 atom stereocenters. The van der Waals surface area contributed by atoms with Gasteiger partial charge in [0.25, 0.3) is 0 Å². The highest BCUT2D eigenvalue weighted by atomic mass is 32.2. The Balaban J connectivity index is 5.43. The molecule has 0 bridgehead atoms. The Morgan fingerprint density at radius 3 is 1.81 bits per heavy atom. The zero-order valence-electron chi connectivity index (χ0n) is 17.9. The molecule has 13 heteroatoms. The summed E-state index contributed by atoms with van der Waals surface area (Å²) in [5.41, 5.74) is 10.9. The Morgan fingerprint density at radius 1 is 0.903 bits per heavy atom. The van der Waals surface area contributed by atoms with E-state index in [1.54, 1.807) is 20.1 Å². The number of carbonyl (C=O) groups is 5. The molecule has 0 aromatic carbocycles. The highest BCUT2D eigenvalue weighted by Crippen LogP contribution is 2.06. The van der Waals surface area contributed by atoms with Gasteiger partial charge in [0.05, 0.1) is 12.6 Å². The van der Waals surface area contributed by atoms with Gasteiger partial charge < -0.3 is 37.6 Å². The summed E-state index contributed by atoms with van der Waals surface area (Å²) in [4.78, 5) is 59.7. The number of carbonyl (C=O) groups excluding carboxylic acids is 4.